The smallest absolute Gasteiger partial charge is 0.324 e. The van der Waals surface area contributed by atoms with Crippen molar-refractivity contribution >= 4 is 17.7 Å². The Morgan fingerprint density at radius 3 is 1.62 bits per heavy atom. The number of methoxy groups -OCH3 is 4. The van der Waals surface area contributed by atoms with Crippen LogP contribution >= 0.6 is 11.8 Å². The number of nitrogens with one attached hydrogen (secondary N) is 1. The zero-order chi connectivity index (χ0) is 17.4. The van der Waals surface area contributed by atoms with Gasteiger partial charge in [0, 0.05) is 12.3 Å². The summed E-state index contributed by atoms with van der Waals surface area (Å²) in [7, 11) is 5.89. The van der Waals surface area contributed by atoms with Crippen LogP contribution in [-0.4, -0.2) is 70.6 Å². The van der Waals surface area contributed by atoms with E-state index in [9.17, 15) is 0 Å². The Hall–Kier alpha value is -2.63. The van der Waals surface area contributed by atoms with E-state index >= 15 is 0 Å². The minimum atomic E-state index is 0.170. The predicted octanol–water partition coefficient (Wildman–Crippen LogP) is 0.295. The fourth-order valence-corrected chi connectivity index (χ4v) is 2.14. The normalized spacial score (nSPS) is 10.2. The van der Waals surface area contributed by atoms with Gasteiger partial charge in [-0.1, -0.05) is 11.8 Å². The summed E-state index contributed by atoms with van der Waals surface area (Å²) < 4.78 is 20.0. The lowest BCUT2D eigenvalue weighted by atomic mass is 10.7. The van der Waals surface area contributed by atoms with Gasteiger partial charge in [-0.05, 0) is 0 Å². The molecule has 0 saturated carbocycles. The first-order chi connectivity index (χ1) is 11.7. The molecule has 1 N–H and O–H groups in total. The predicted molar refractivity (Wildman–Crippen MR) is 85.1 cm³/mol. The molecule has 0 aliphatic carbocycles. The Kier molecular flexibility index (Phi) is 6.54. The van der Waals surface area contributed by atoms with Gasteiger partial charge >= 0.3 is 24.0 Å². The quantitative estimate of drug-likeness (QED) is 0.491. The summed E-state index contributed by atoms with van der Waals surface area (Å²) in [4.78, 5) is 24.3. The molecule has 0 saturated heterocycles. The van der Waals surface area contributed by atoms with Crippen molar-refractivity contribution in [3.63, 3.8) is 0 Å². The Bertz CT molecular complexity index is 574. The summed E-state index contributed by atoms with van der Waals surface area (Å²) in [6, 6.07) is 0.737. The maximum atomic E-state index is 5.00. The van der Waals surface area contributed by atoms with E-state index in [4.69, 9.17) is 18.9 Å². The van der Waals surface area contributed by atoms with Gasteiger partial charge in [-0.3, -0.25) is 0 Å². The second kappa shape index (κ2) is 8.86. The van der Waals surface area contributed by atoms with Crippen LogP contribution in [0.5, 0.6) is 24.0 Å². The van der Waals surface area contributed by atoms with Gasteiger partial charge in [0.2, 0.25) is 5.95 Å². The molecule has 0 spiro atoms. The molecule has 0 aromatic carbocycles. The molecule has 12 heteroatoms. The van der Waals surface area contributed by atoms with Crippen LogP contribution in [0.4, 0.5) is 5.95 Å². The second-order valence-electron chi connectivity index (χ2n) is 4.00. The van der Waals surface area contributed by atoms with Crippen LogP contribution in [0.1, 0.15) is 0 Å². The number of ether oxygens (including phenoxy) is 4. The van der Waals surface area contributed by atoms with Crippen molar-refractivity contribution in [2.24, 2.45) is 0 Å². The highest BCUT2D eigenvalue weighted by atomic mass is 32.2. The van der Waals surface area contributed by atoms with Crippen LogP contribution in [0, 0.1) is 0 Å². The van der Waals surface area contributed by atoms with Crippen molar-refractivity contribution < 1.29 is 18.9 Å². The van der Waals surface area contributed by atoms with Crippen LogP contribution in [0.25, 0.3) is 0 Å². The topological polar surface area (TPSA) is 126 Å². The van der Waals surface area contributed by atoms with Crippen molar-refractivity contribution in [1.82, 2.24) is 29.9 Å². The number of rotatable bonds is 9. The molecule has 130 valence electrons. The molecule has 0 amide bonds. The molecule has 0 fully saturated rings. The van der Waals surface area contributed by atoms with Gasteiger partial charge < -0.3 is 24.3 Å². The molecule has 2 heterocycles. The summed E-state index contributed by atoms with van der Waals surface area (Å²) in [5.41, 5.74) is 0. The van der Waals surface area contributed by atoms with Crippen LogP contribution in [0.3, 0.4) is 0 Å². The lowest BCUT2D eigenvalue weighted by molar-refractivity contribution is 0.332. The third kappa shape index (κ3) is 4.94. The molecule has 24 heavy (non-hydrogen) atoms. The van der Waals surface area contributed by atoms with Crippen LogP contribution in [-0.2, 0) is 0 Å². The van der Waals surface area contributed by atoms with E-state index in [2.05, 4.69) is 35.2 Å². The van der Waals surface area contributed by atoms with Crippen LogP contribution in [0.15, 0.2) is 5.16 Å². The van der Waals surface area contributed by atoms with Gasteiger partial charge in [0.15, 0.2) is 5.16 Å². The molecule has 0 aliphatic rings. The van der Waals surface area contributed by atoms with Gasteiger partial charge in [-0.15, -0.1) is 9.97 Å². The number of anilines is 1. The Morgan fingerprint density at radius 2 is 1.17 bits per heavy atom. The number of hydrogen-bond acceptors (Lipinski definition) is 12. The molecule has 0 bridgehead atoms. The van der Waals surface area contributed by atoms with Crippen LogP contribution in [0.2, 0.25) is 0 Å². The van der Waals surface area contributed by atoms with Crippen molar-refractivity contribution in [3.05, 3.63) is 0 Å². The van der Waals surface area contributed by atoms with E-state index in [-0.39, 0.29) is 24.0 Å². The minimum absolute atomic E-state index is 0.170. The fourth-order valence-electron chi connectivity index (χ4n) is 1.47. The highest BCUT2D eigenvalue weighted by Crippen LogP contribution is 2.18. The van der Waals surface area contributed by atoms with Gasteiger partial charge in [-0.2, -0.15) is 19.9 Å². The second-order valence-corrected chi connectivity index (χ2v) is 5.06. The number of aromatic nitrogens is 6. The van der Waals surface area contributed by atoms with Crippen molar-refractivity contribution in [2.75, 3.05) is 46.1 Å². The highest BCUT2D eigenvalue weighted by molar-refractivity contribution is 7.99. The monoisotopic (exact) mass is 355 g/mol. The molecule has 2 rings (SSSR count). The van der Waals surface area contributed by atoms with E-state index < -0.39 is 0 Å². The van der Waals surface area contributed by atoms with E-state index in [1.165, 1.54) is 40.2 Å². The van der Waals surface area contributed by atoms with Gasteiger partial charge in [0.05, 0.1) is 28.4 Å². The summed E-state index contributed by atoms with van der Waals surface area (Å²) in [6.07, 6.45) is 0. The maximum Gasteiger partial charge on any atom is 0.324 e. The third-order valence-electron chi connectivity index (χ3n) is 2.51. The molecule has 2 aromatic rings. The zero-order valence-electron chi connectivity index (χ0n) is 13.6. The van der Waals surface area contributed by atoms with E-state index in [1.807, 2.05) is 0 Å². The van der Waals surface area contributed by atoms with Crippen LogP contribution < -0.4 is 24.3 Å². The average Bonchev–Trinajstić information content (AvgIpc) is 2.64. The number of hydrogen-bond donors (Lipinski definition) is 1. The van der Waals surface area contributed by atoms with E-state index in [0.717, 1.165) is 0 Å². The lowest BCUT2D eigenvalue weighted by Crippen LogP contribution is -2.10. The summed E-state index contributed by atoms with van der Waals surface area (Å²) in [6.45, 7) is 0.553. The fraction of sp³-hybridized carbons (Fsp3) is 0.500. The highest BCUT2D eigenvalue weighted by Gasteiger charge is 2.09. The summed E-state index contributed by atoms with van der Waals surface area (Å²) >= 11 is 1.40. The maximum absolute atomic E-state index is 5.00. The third-order valence-corrected chi connectivity index (χ3v) is 3.36. The first-order valence-electron chi connectivity index (χ1n) is 6.73. The summed E-state index contributed by atoms with van der Waals surface area (Å²) in [5.74, 6) is 0.997. The standard InChI is InChI=1S/C12H17N7O4S/c1-20-8-14-7(15-9(16-8)21-2)13-5-6-24-12-18-10(22-3)17-11(19-12)23-4/h5-6H2,1-4H3,(H,13,14,15,16). The van der Waals surface area contributed by atoms with E-state index in [0.29, 0.717) is 23.4 Å². The molecule has 0 aliphatic heterocycles. The lowest BCUT2D eigenvalue weighted by Gasteiger charge is -2.07. The molecular weight excluding hydrogens is 338 g/mol. The molecular formula is C12H17N7O4S. The molecule has 0 radical (unpaired) electrons. The Morgan fingerprint density at radius 1 is 0.708 bits per heavy atom. The number of thioether (sulfide) groups is 1. The first kappa shape index (κ1) is 17.7. The first-order valence-corrected chi connectivity index (χ1v) is 7.71. The SMILES string of the molecule is COc1nc(NCCSc2nc(OC)nc(OC)n2)nc(OC)n1. The number of nitrogens with zero attached hydrogens (tertiary/aromatic N) is 6. The molecule has 0 atom stereocenters. The molecule has 0 unspecified atom stereocenters. The Labute approximate surface area is 142 Å². The van der Waals surface area contributed by atoms with Gasteiger partial charge in [0.1, 0.15) is 0 Å². The van der Waals surface area contributed by atoms with Gasteiger partial charge in [0.25, 0.3) is 0 Å². The Balaban J connectivity index is 1.91. The minimum Gasteiger partial charge on any atom is -0.467 e. The van der Waals surface area contributed by atoms with E-state index in [1.54, 1.807) is 0 Å². The summed E-state index contributed by atoms with van der Waals surface area (Å²) in [5, 5.41) is 3.54. The molecule has 2 aromatic heterocycles. The largest absolute Gasteiger partial charge is 0.467 e. The zero-order valence-corrected chi connectivity index (χ0v) is 14.5. The van der Waals surface area contributed by atoms with Gasteiger partial charge in [-0.25, -0.2) is 0 Å². The van der Waals surface area contributed by atoms with Crippen molar-refractivity contribution in [2.45, 2.75) is 5.16 Å². The van der Waals surface area contributed by atoms with Crippen molar-refractivity contribution in [1.29, 1.82) is 0 Å². The average molecular weight is 355 g/mol. The molecule has 11 nitrogen and oxygen atoms in total. The van der Waals surface area contributed by atoms with Crippen molar-refractivity contribution in [3.8, 4) is 24.0 Å².